The van der Waals surface area contributed by atoms with Gasteiger partial charge in [0, 0.05) is 28.9 Å². The fraction of sp³-hybridized carbons (Fsp3) is 0.118. The molecule has 23 heavy (non-hydrogen) atoms. The summed E-state index contributed by atoms with van der Waals surface area (Å²) in [6.45, 7) is 0.103. The van der Waals surface area contributed by atoms with Crippen molar-refractivity contribution in [1.29, 1.82) is 0 Å². The van der Waals surface area contributed by atoms with E-state index < -0.39 is 0 Å². The molecule has 0 bridgehead atoms. The first-order valence-corrected chi connectivity index (χ1v) is 7.99. The average Bonchev–Trinajstić information content (AvgIpc) is 3.09. The van der Waals surface area contributed by atoms with E-state index in [0.717, 1.165) is 10.5 Å². The van der Waals surface area contributed by atoms with Crippen LogP contribution >= 0.6 is 11.8 Å². The second-order valence-electron chi connectivity index (χ2n) is 4.68. The van der Waals surface area contributed by atoms with Crippen molar-refractivity contribution >= 4 is 17.7 Å². The lowest BCUT2D eigenvalue weighted by Gasteiger charge is -2.02. The Bertz CT molecular complexity index is 760. The molecule has 6 heteroatoms. The van der Waals surface area contributed by atoms with Gasteiger partial charge in [0.2, 0.25) is 0 Å². The van der Waals surface area contributed by atoms with Crippen LogP contribution in [0, 0.1) is 0 Å². The Labute approximate surface area is 137 Å². The number of hydrogen-bond acceptors (Lipinski definition) is 6. The van der Waals surface area contributed by atoms with Gasteiger partial charge in [0.25, 0.3) is 0 Å². The first-order chi connectivity index (χ1) is 11.3. The highest BCUT2D eigenvalue weighted by atomic mass is 32.2. The van der Waals surface area contributed by atoms with E-state index in [1.807, 2.05) is 42.5 Å². The van der Waals surface area contributed by atoms with Gasteiger partial charge in [-0.05, 0) is 12.1 Å². The zero-order chi connectivity index (χ0) is 15.9. The van der Waals surface area contributed by atoms with E-state index in [1.165, 1.54) is 11.8 Å². The van der Waals surface area contributed by atoms with Crippen LogP contribution in [0.2, 0.25) is 0 Å². The minimum atomic E-state index is -0.295. The van der Waals surface area contributed by atoms with Gasteiger partial charge in [-0.15, -0.1) is 11.8 Å². The standard InChI is InChI=1S/C17H14N2O3S/c20-17(12-23-15-6-8-18-9-7-15)21-11-14-10-16(22-19-14)13-4-2-1-3-5-13/h1-10H,11-12H2. The van der Waals surface area contributed by atoms with Crippen LogP contribution in [0.5, 0.6) is 0 Å². The summed E-state index contributed by atoms with van der Waals surface area (Å²) in [5.74, 6) is 0.604. The number of ether oxygens (including phenoxy) is 1. The summed E-state index contributed by atoms with van der Waals surface area (Å²) in [7, 11) is 0. The molecule has 116 valence electrons. The van der Waals surface area contributed by atoms with Crippen LogP contribution in [0.15, 0.2) is 70.3 Å². The monoisotopic (exact) mass is 326 g/mol. The van der Waals surface area contributed by atoms with E-state index in [-0.39, 0.29) is 18.3 Å². The van der Waals surface area contributed by atoms with Crippen molar-refractivity contribution in [3.8, 4) is 11.3 Å². The van der Waals surface area contributed by atoms with E-state index in [0.29, 0.717) is 11.5 Å². The molecule has 0 saturated heterocycles. The molecule has 3 aromatic rings. The van der Waals surface area contributed by atoms with E-state index in [1.54, 1.807) is 18.5 Å². The molecule has 0 amide bonds. The first-order valence-electron chi connectivity index (χ1n) is 7.01. The minimum absolute atomic E-state index is 0.103. The smallest absolute Gasteiger partial charge is 0.316 e. The van der Waals surface area contributed by atoms with Crippen LogP contribution in [0.3, 0.4) is 0 Å². The molecule has 0 aliphatic rings. The molecule has 0 fully saturated rings. The molecule has 0 spiro atoms. The van der Waals surface area contributed by atoms with Gasteiger partial charge in [-0.25, -0.2) is 0 Å². The average molecular weight is 326 g/mol. The van der Waals surface area contributed by atoms with Crippen molar-refractivity contribution < 1.29 is 14.1 Å². The number of thioether (sulfide) groups is 1. The molecule has 0 radical (unpaired) electrons. The molecule has 0 aliphatic carbocycles. The second kappa shape index (κ2) is 7.60. The number of benzene rings is 1. The Morgan fingerprint density at radius 3 is 2.70 bits per heavy atom. The molecule has 3 rings (SSSR count). The third-order valence-corrected chi connectivity index (χ3v) is 3.99. The number of hydrogen-bond donors (Lipinski definition) is 0. The lowest BCUT2D eigenvalue weighted by atomic mass is 10.2. The van der Waals surface area contributed by atoms with Gasteiger partial charge >= 0.3 is 5.97 Å². The van der Waals surface area contributed by atoms with Gasteiger partial charge in [-0.3, -0.25) is 9.78 Å². The maximum absolute atomic E-state index is 11.7. The summed E-state index contributed by atoms with van der Waals surface area (Å²) in [6, 6.07) is 15.1. The number of aromatic nitrogens is 2. The van der Waals surface area contributed by atoms with Crippen LogP contribution in [-0.4, -0.2) is 21.9 Å². The van der Waals surface area contributed by atoms with Gasteiger partial charge in [0.15, 0.2) is 5.76 Å². The number of rotatable bonds is 6. The SMILES string of the molecule is O=C(CSc1ccncc1)OCc1cc(-c2ccccc2)on1. The topological polar surface area (TPSA) is 65.2 Å². The van der Waals surface area contributed by atoms with Crippen molar-refractivity contribution in [2.24, 2.45) is 0 Å². The molecule has 0 atom stereocenters. The van der Waals surface area contributed by atoms with Crippen molar-refractivity contribution in [2.75, 3.05) is 5.75 Å². The van der Waals surface area contributed by atoms with Gasteiger partial charge in [-0.1, -0.05) is 35.5 Å². The summed E-state index contributed by atoms with van der Waals surface area (Å²) in [6.07, 6.45) is 3.38. The molecule has 0 aliphatic heterocycles. The van der Waals surface area contributed by atoms with Crippen molar-refractivity contribution in [1.82, 2.24) is 10.1 Å². The molecule has 0 N–H and O–H groups in total. The molecule has 2 aromatic heterocycles. The van der Waals surface area contributed by atoms with Crippen LogP contribution in [0.25, 0.3) is 11.3 Å². The molecular weight excluding hydrogens is 312 g/mol. The van der Waals surface area contributed by atoms with Crippen LogP contribution < -0.4 is 0 Å². The molecular formula is C17H14N2O3S. The normalized spacial score (nSPS) is 10.4. The maximum Gasteiger partial charge on any atom is 0.316 e. The summed E-state index contributed by atoms with van der Waals surface area (Å²) in [4.78, 5) is 16.7. The maximum atomic E-state index is 11.7. The molecule has 5 nitrogen and oxygen atoms in total. The largest absolute Gasteiger partial charge is 0.458 e. The van der Waals surface area contributed by atoms with Crippen LogP contribution in [0.1, 0.15) is 5.69 Å². The zero-order valence-electron chi connectivity index (χ0n) is 12.2. The Kier molecular flexibility index (Phi) is 5.06. The second-order valence-corrected chi connectivity index (χ2v) is 5.73. The Morgan fingerprint density at radius 1 is 1.13 bits per heavy atom. The van der Waals surface area contributed by atoms with Gasteiger partial charge in [-0.2, -0.15) is 0 Å². The number of carbonyl (C=O) groups excluding carboxylic acids is 1. The van der Waals surface area contributed by atoms with Crippen LogP contribution in [0.4, 0.5) is 0 Å². The summed E-state index contributed by atoms with van der Waals surface area (Å²) in [5.41, 5.74) is 1.52. The van der Waals surface area contributed by atoms with Crippen molar-refractivity contribution in [2.45, 2.75) is 11.5 Å². The van der Waals surface area contributed by atoms with Gasteiger partial charge in [0.1, 0.15) is 12.3 Å². The van der Waals surface area contributed by atoms with Crippen LogP contribution in [-0.2, 0) is 16.1 Å². The highest BCUT2D eigenvalue weighted by molar-refractivity contribution is 8.00. The zero-order valence-corrected chi connectivity index (χ0v) is 13.0. The van der Waals surface area contributed by atoms with E-state index in [9.17, 15) is 4.79 Å². The third kappa shape index (κ3) is 4.43. The van der Waals surface area contributed by atoms with E-state index >= 15 is 0 Å². The fourth-order valence-electron chi connectivity index (χ4n) is 1.89. The van der Waals surface area contributed by atoms with E-state index in [2.05, 4.69) is 10.1 Å². The molecule has 0 unspecified atom stereocenters. The number of esters is 1. The van der Waals surface area contributed by atoms with Crippen molar-refractivity contribution in [3.63, 3.8) is 0 Å². The summed E-state index contributed by atoms with van der Waals surface area (Å²) in [5, 5.41) is 3.92. The highest BCUT2D eigenvalue weighted by Crippen LogP contribution is 2.20. The minimum Gasteiger partial charge on any atom is -0.458 e. The molecule has 0 saturated carbocycles. The summed E-state index contributed by atoms with van der Waals surface area (Å²) < 4.78 is 10.5. The Balaban J connectivity index is 1.49. The molecule has 1 aromatic carbocycles. The number of carbonyl (C=O) groups is 1. The lowest BCUT2D eigenvalue weighted by molar-refractivity contribution is -0.141. The van der Waals surface area contributed by atoms with Gasteiger partial charge in [0.05, 0.1) is 5.75 Å². The predicted octanol–water partition coefficient (Wildman–Crippen LogP) is 3.57. The van der Waals surface area contributed by atoms with E-state index in [4.69, 9.17) is 9.26 Å². The quantitative estimate of drug-likeness (QED) is 0.509. The number of pyridine rings is 1. The third-order valence-electron chi connectivity index (χ3n) is 3.00. The first kappa shape index (κ1) is 15.3. The summed E-state index contributed by atoms with van der Waals surface area (Å²) >= 11 is 1.41. The fourth-order valence-corrected chi connectivity index (χ4v) is 2.57. The predicted molar refractivity (Wildman–Crippen MR) is 86.7 cm³/mol. The lowest BCUT2D eigenvalue weighted by Crippen LogP contribution is -2.07. The number of nitrogens with zero attached hydrogens (tertiary/aromatic N) is 2. The van der Waals surface area contributed by atoms with Crippen molar-refractivity contribution in [3.05, 3.63) is 66.6 Å². The molecule has 2 heterocycles. The highest BCUT2D eigenvalue weighted by Gasteiger charge is 2.09. The Hall–Kier alpha value is -2.60. The van der Waals surface area contributed by atoms with Gasteiger partial charge < -0.3 is 9.26 Å². The Morgan fingerprint density at radius 2 is 1.91 bits per heavy atom.